The molecule has 0 radical (unpaired) electrons. The molecule has 0 saturated carbocycles. The Labute approximate surface area is 89.6 Å². The molecule has 0 aliphatic carbocycles. The number of halogens is 3. The molecule has 5 heteroatoms. The number of hydrogen-bond donors (Lipinski definition) is 0. The Balaban J connectivity index is 2.04. The van der Waals surface area contributed by atoms with Crippen LogP contribution in [-0.4, -0.2) is 18.5 Å². The largest absolute Gasteiger partial charge is 0.416 e. The second-order valence-electron chi connectivity index (χ2n) is 3.29. The van der Waals surface area contributed by atoms with Gasteiger partial charge in [-0.25, -0.2) is 0 Å². The minimum absolute atomic E-state index is 0.226. The molecular formula is C10H9F3OS. The van der Waals surface area contributed by atoms with Crippen molar-refractivity contribution in [2.45, 2.75) is 17.2 Å². The molecule has 0 unspecified atom stereocenters. The summed E-state index contributed by atoms with van der Waals surface area (Å²) in [5, 5.41) is 0. The Morgan fingerprint density at radius 2 is 2.13 bits per heavy atom. The molecule has 1 aromatic carbocycles. The first-order valence-corrected chi connectivity index (χ1v) is 5.46. The predicted octanol–water partition coefficient (Wildman–Crippen LogP) is 3.20. The van der Waals surface area contributed by atoms with E-state index in [1.165, 1.54) is 23.9 Å². The van der Waals surface area contributed by atoms with Gasteiger partial charge in [-0.2, -0.15) is 13.2 Å². The fraction of sp³-hybridized carbons (Fsp3) is 0.400. The van der Waals surface area contributed by atoms with E-state index in [0.717, 1.165) is 18.4 Å². The van der Waals surface area contributed by atoms with Crippen LogP contribution in [0, 0.1) is 0 Å². The third-order valence-corrected chi connectivity index (χ3v) is 3.13. The normalized spacial score (nSPS) is 20.3. The molecule has 0 spiro atoms. The van der Waals surface area contributed by atoms with Gasteiger partial charge in [0, 0.05) is 10.6 Å². The molecule has 0 N–H and O–H groups in total. The molecule has 0 bridgehead atoms. The highest BCUT2D eigenvalue weighted by atomic mass is 32.2. The Kier molecular flexibility index (Phi) is 2.93. The number of alkyl halides is 3. The Morgan fingerprint density at radius 3 is 2.73 bits per heavy atom. The van der Waals surface area contributed by atoms with Gasteiger partial charge in [0.15, 0.2) is 0 Å². The second-order valence-corrected chi connectivity index (χ2v) is 4.39. The molecular weight excluding hydrogens is 225 g/mol. The van der Waals surface area contributed by atoms with E-state index in [1.807, 2.05) is 0 Å². The maximum absolute atomic E-state index is 12.3. The van der Waals surface area contributed by atoms with Gasteiger partial charge < -0.3 is 4.74 Å². The summed E-state index contributed by atoms with van der Waals surface area (Å²) in [5.41, 5.74) is -0.593. The van der Waals surface area contributed by atoms with Gasteiger partial charge in [0.25, 0.3) is 0 Å². The zero-order valence-corrected chi connectivity index (χ0v) is 8.57. The molecule has 1 heterocycles. The molecule has 1 atom stereocenters. The zero-order valence-electron chi connectivity index (χ0n) is 7.75. The summed E-state index contributed by atoms with van der Waals surface area (Å²) in [6.07, 6.45) is -4.03. The van der Waals surface area contributed by atoms with Crippen LogP contribution in [0.1, 0.15) is 5.56 Å². The fourth-order valence-electron chi connectivity index (χ4n) is 1.12. The van der Waals surface area contributed by atoms with Crippen LogP contribution in [-0.2, 0) is 10.9 Å². The SMILES string of the molecule is FC(F)(F)c1cccc(SC[C@H]2CO2)c1. The molecule has 1 aliphatic heterocycles. The predicted molar refractivity (Wildman–Crippen MR) is 51.9 cm³/mol. The molecule has 1 fully saturated rings. The lowest BCUT2D eigenvalue weighted by molar-refractivity contribution is -0.137. The number of benzene rings is 1. The van der Waals surface area contributed by atoms with E-state index >= 15 is 0 Å². The summed E-state index contributed by atoms with van der Waals surface area (Å²) in [6, 6.07) is 5.37. The zero-order chi connectivity index (χ0) is 10.9. The summed E-state index contributed by atoms with van der Waals surface area (Å²) in [6.45, 7) is 0.728. The van der Waals surface area contributed by atoms with E-state index in [9.17, 15) is 13.2 Å². The lowest BCUT2D eigenvalue weighted by Crippen LogP contribution is -2.04. The Bertz CT molecular complexity index is 347. The van der Waals surface area contributed by atoms with Crippen LogP contribution >= 0.6 is 11.8 Å². The molecule has 1 saturated heterocycles. The van der Waals surface area contributed by atoms with Gasteiger partial charge in [0.1, 0.15) is 0 Å². The summed E-state index contributed by atoms with van der Waals surface area (Å²) in [7, 11) is 0. The van der Waals surface area contributed by atoms with E-state index in [4.69, 9.17) is 4.74 Å². The van der Waals surface area contributed by atoms with Crippen LogP contribution in [0.2, 0.25) is 0 Å². The molecule has 15 heavy (non-hydrogen) atoms. The van der Waals surface area contributed by atoms with Crippen molar-refractivity contribution >= 4 is 11.8 Å². The van der Waals surface area contributed by atoms with E-state index < -0.39 is 11.7 Å². The average Bonchev–Trinajstić information content (AvgIpc) is 2.97. The van der Waals surface area contributed by atoms with Gasteiger partial charge in [0.2, 0.25) is 0 Å². The summed E-state index contributed by atoms with van der Waals surface area (Å²) in [4.78, 5) is 0.639. The molecule has 1 aromatic rings. The standard InChI is InChI=1S/C10H9F3OS/c11-10(12,13)7-2-1-3-9(4-7)15-6-8-5-14-8/h1-4,8H,5-6H2/t8-/m1/s1. The minimum atomic E-state index is -4.26. The van der Waals surface area contributed by atoms with Crippen molar-refractivity contribution in [3.63, 3.8) is 0 Å². The van der Waals surface area contributed by atoms with Gasteiger partial charge in [0.05, 0.1) is 18.3 Å². The molecule has 1 aliphatic rings. The molecule has 82 valence electrons. The van der Waals surface area contributed by atoms with Crippen LogP contribution in [0.5, 0.6) is 0 Å². The number of thioether (sulfide) groups is 1. The van der Waals surface area contributed by atoms with Gasteiger partial charge in [-0.3, -0.25) is 0 Å². The summed E-state index contributed by atoms with van der Waals surface area (Å²) < 4.78 is 42.0. The maximum atomic E-state index is 12.3. The van der Waals surface area contributed by atoms with Crippen molar-refractivity contribution in [1.82, 2.24) is 0 Å². The topological polar surface area (TPSA) is 12.5 Å². The van der Waals surface area contributed by atoms with Gasteiger partial charge in [-0.1, -0.05) is 6.07 Å². The van der Waals surface area contributed by atoms with Crippen molar-refractivity contribution in [2.75, 3.05) is 12.4 Å². The number of ether oxygens (including phenoxy) is 1. The smallest absolute Gasteiger partial charge is 0.372 e. The van der Waals surface area contributed by atoms with Crippen molar-refractivity contribution in [3.05, 3.63) is 29.8 Å². The number of rotatable bonds is 3. The molecule has 0 amide bonds. The first-order valence-electron chi connectivity index (χ1n) is 4.47. The summed E-state index contributed by atoms with van der Waals surface area (Å²) >= 11 is 1.40. The van der Waals surface area contributed by atoms with Crippen LogP contribution in [0.3, 0.4) is 0 Å². The van der Waals surface area contributed by atoms with E-state index in [0.29, 0.717) is 4.90 Å². The average molecular weight is 234 g/mol. The van der Waals surface area contributed by atoms with Crippen LogP contribution in [0.25, 0.3) is 0 Å². The monoisotopic (exact) mass is 234 g/mol. The van der Waals surface area contributed by atoms with E-state index in [1.54, 1.807) is 6.07 Å². The highest BCUT2D eigenvalue weighted by Gasteiger charge is 2.30. The van der Waals surface area contributed by atoms with Crippen LogP contribution in [0.15, 0.2) is 29.2 Å². The van der Waals surface area contributed by atoms with E-state index in [-0.39, 0.29) is 6.10 Å². The molecule has 1 nitrogen and oxygen atoms in total. The first kappa shape index (κ1) is 10.8. The van der Waals surface area contributed by atoms with Gasteiger partial charge in [-0.15, -0.1) is 11.8 Å². The quantitative estimate of drug-likeness (QED) is 0.588. The Morgan fingerprint density at radius 1 is 1.40 bits per heavy atom. The fourth-order valence-corrected chi connectivity index (χ4v) is 2.07. The summed E-state index contributed by atoms with van der Waals surface area (Å²) in [5.74, 6) is 0.724. The van der Waals surface area contributed by atoms with E-state index in [2.05, 4.69) is 0 Å². The van der Waals surface area contributed by atoms with Gasteiger partial charge in [-0.05, 0) is 18.2 Å². The highest BCUT2D eigenvalue weighted by Crippen LogP contribution is 2.32. The van der Waals surface area contributed by atoms with Crippen LogP contribution < -0.4 is 0 Å². The third kappa shape index (κ3) is 3.14. The van der Waals surface area contributed by atoms with Crippen molar-refractivity contribution in [2.24, 2.45) is 0 Å². The van der Waals surface area contributed by atoms with Crippen molar-refractivity contribution in [3.8, 4) is 0 Å². The Hall–Kier alpha value is -0.680. The highest BCUT2D eigenvalue weighted by molar-refractivity contribution is 7.99. The van der Waals surface area contributed by atoms with Crippen LogP contribution in [0.4, 0.5) is 13.2 Å². The molecule has 0 aromatic heterocycles. The van der Waals surface area contributed by atoms with Crippen molar-refractivity contribution in [1.29, 1.82) is 0 Å². The second kappa shape index (κ2) is 4.06. The number of epoxide rings is 1. The maximum Gasteiger partial charge on any atom is 0.416 e. The number of hydrogen-bond acceptors (Lipinski definition) is 2. The first-order chi connectivity index (χ1) is 7.05. The lowest BCUT2D eigenvalue weighted by Gasteiger charge is -2.07. The minimum Gasteiger partial charge on any atom is -0.372 e. The third-order valence-electron chi connectivity index (χ3n) is 2.00. The molecule has 2 rings (SSSR count). The van der Waals surface area contributed by atoms with Gasteiger partial charge >= 0.3 is 6.18 Å². The van der Waals surface area contributed by atoms with Crippen molar-refractivity contribution < 1.29 is 17.9 Å². The lowest BCUT2D eigenvalue weighted by atomic mass is 10.2.